The average molecular weight is 1030 g/mol. The van der Waals surface area contributed by atoms with Crippen LogP contribution in [-0.2, 0) is 45.2 Å². The Morgan fingerprint density at radius 1 is 0.930 bits per heavy atom. The van der Waals surface area contributed by atoms with Crippen LogP contribution in [0.1, 0.15) is 87.9 Å². The first-order chi connectivity index (χ1) is 34.3. The number of thiazole rings is 1. The largest absolute Gasteiger partial charge is 0.472 e. The molecule has 0 radical (unpaired) electrons. The molecular weight excluding hydrogens is 977 g/mol. The molecule has 3 aliphatic rings. The molecule has 22 heteroatoms. The first-order valence-corrected chi connectivity index (χ1v) is 26.5. The fourth-order valence-electron chi connectivity index (χ4n) is 9.38. The summed E-state index contributed by atoms with van der Waals surface area (Å²) in [6.07, 6.45) is 16.7. The van der Waals surface area contributed by atoms with Gasteiger partial charge in [-0.15, -0.1) is 11.3 Å². The van der Waals surface area contributed by atoms with E-state index >= 15 is 4.39 Å². The molecule has 1 saturated heterocycles. The Labute approximate surface area is 420 Å². The highest BCUT2D eigenvalue weighted by molar-refractivity contribution is 7.93. The molecule has 4 aromatic heterocycles. The van der Waals surface area contributed by atoms with Gasteiger partial charge in [-0.05, 0) is 87.6 Å². The third-order valence-corrected chi connectivity index (χ3v) is 15.6. The lowest BCUT2D eigenvalue weighted by atomic mass is 9.85. The lowest BCUT2D eigenvalue weighted by Crippen LogP contribution is -2.40. The maximum absolute atomic E-state index is 15.3. The van der Waals surface area contributed by atoms with Gasteiger partial charge in [0, 0.05) is 86.2 Å². The van der Waals surface area contributed by atoms with E-state index in [0.717, 1.165) is 54.7 Å². The number of hydrogen-bond acceptors (Lipinski definition) is 14. The Kier molecular flexibility index (Phi) is 17.3. The zero-order chi connectivity index (χ0) is 49.9. The first kappa shape index (κ1) is 51.4. The van der Waals surface area contributed by atoms with Crippen molar-refractivity contribution in [3.8, 4) is 11.1 Å². The van der Waals surface area contributed by atoms with E-state index in [4.69, 9.17) is 25.5 Å². The molecule has 5 N–H and O–H groups in total. The zero-order valence-corrected chi connectivity index (χ0v) is 41.5. The van der Waals surface area contributed by atoms with E-state index in [1.165, 1.54) is 24.9 Å². The molecule has 2 saturated carbocycles. The number of amides is 4. The van der Waals surface area contributed by atoms with Crippen LogP contribution >= 0.6 is 22.9 Å². The van der Waals surface area contributed by atoms with E-state index in [1.807, 2.05) is 6.07 Å². The Bertz CT molecular complexity index is 2720. The number of benzene rings is 1. The van der Waals surface area contributed by atoms with Crippen molar-refractivity contribution >= 4 is 73.1 Å². The summed E-state index contributed by atoms with van der Waals surface area (Å²) in [5, 5.41) is 13.8. The second-order valence-corrected chi connectivity index (χ2v) is 20.9. The number of nitrogens with zero attached hydrogens (tertiary/aromatic N) is 4. The lowest BCUT2D eigenvalue weighted by molar-refractivity contribution is -0.128. The van der Waals surface area contributed by atoms with Gasteiger partial charge in [-0.1, -0.05) is 17.7 Å². The van der Waals surface area contributed by atoms with Gasteiger partial charge >= 0.3 is 0 Å². The summed E-state index contributed by atoms with van der Waals surface area (Å²) in [4.78, 5) is 65.2. The highest BCUT2D eigenvalue weighted by Crippen LogP contribution is 2.38. The summed E-state index contributed by atoms with van der Waals surface area (Å²) in [6, 6.07) is 8.85. The molecule has 1 aromatic carbocycles. The van der Waals surface area contributed by atoms with E-state index in [9.17, 15) is 27.6 Å². The van der Waals surface area contributed by atoms with E-state index < -0.39 is 26.7 Å². The third kappa shape index (κ3) is 13.5. The van der Waals surface area contributed by atoms with Crippen LogP contribution in [0.5, 0.6) is 0 Å². The SMILES string of the molecule is CN1C(=O)C[C@H](C(=O)NCCOC2CCC(OCCCC(=O)NC3CCC(C(=O)NCc4cc(-c5ccoc5)c(Nc5cc(F)c(S(=O)(=O)Nc6nccs6)cc5Cl)cn4)CC3)CC2)[C@H]1c1cccnc1. The van der Waals surface area contributed by atoms with Crippen molar-refractivity contribution in [1.29, 1.82) is 0 Å². The molecular formula is C49H57ClFN9O9S2. The molecule has 0 unspecified atom stereocenters. The van der Waals surface area contributed by atoms with E-state index in [0.29, 0.717) is 80.8 Å². The summed E-state index contributed by atoms with van der Waals surface area (Å²) >= 11 is 7.52. The molecule has 71 heavy (non-hydrogen) atoms. The minimum atomic E-state index is -4.31. The maximum Gasteiger partial charge on any atom is 0.266 e. The smallest absolute Gasteiger partial charge is 0.266 e. The monoisotopic (exact) mass is 1030 g/mol. The van der Waals surface area contributed by atoms with Gasteiger partial charge in [-0.3, -0.25) is 33.9 Å². The second kappa shape index (κ2) is 23.9. The van der Waals surface area contributed by atoms with Crippen LogP contribution < -0.4 is 26.0 Å². The number of halogens is 2. The molecule has 8 rings (SSSR count). The zero-order valence-electron chi connectivity index (χ0n) is 39.1. The molecule has 5 heterocycles. The molecule has 1 aliphatic heterocycles. The molecule has 2 aliphatic carbocycles. The first-order valence-electron chi connectivity index (χ1n) is 23.7. The third-order valence-electron chi connectivity index (χ3n) is 13.2. The number of hydrogen-bond donors (Lipinski definition) is 5. The van der Waals surface area contributed by atoms with Crippen LogP contribution in [0.3, 0.4) is 0 Å². The molecule has 4 amide bonds. The highest BCUT2D eigenvalue weighted by atomic mass is 35.5. The van der Waals surface area contributed by atoms with Crippen molar-refractivity contribution in [2.45, 2.75) is 106 Å². The van der Waals surface area contributed by atoms with E-state index in [-0.39, 0.29) is 82.6 Å². The number of pyridine rings is 2. The molecule has 0 spiro atoms. The Hall–Kier alpha value is -6.00. The number of sulfonamides is 1. The van der Waals surface area contributed by atoms with Gasteiger partial charge in [0.15, 0.2) is 5.13 Å². The van der Waals surface area contributed by atoms with E-state index in [2.05, 4.69) is 40.9 Å². The summed E-state index contributed by atoms with van der Waals surface area (Å²) < 4.78 is 60.8. The fraction of sp³-hybridized carbons (Fsp3) is 0.449. The summed E-state index contributed by atoms with van der Waals surface area (Å²) in [5.74, 6) is -2.08. The van der Waals surface area contributed by atoms with Gasteiger partial charge in [-0.25, -0.2) is 17.8 Å². The second-order valence-electron chi connectivity index (χ2n) is 18.0. The van der Waals surface area contributed by atoms with Gasteiger partial charge in [0.2, 0.25) is 23.6 Å². The number of likely N-dealkylation sites (tertiary alicyclic amines) is 1. The number of carbonyl (C=O) groups excluding carboxylic acids is 4. The molecule has 378 valence electrons. The van der Waals surface area contributed by atoms with Crippen molar-refractivity contribution < 1.29 is 45.9 Å². The van der Waals surface area contributed by atoms with Crippen LogP contribution in [0.15, 0.2) is 88.4 Å². The normalized spacial score (nSPS) is 21.4. The van der Waals surface area contributed by atoms with Gasteiger partial charge < -0.3 is 40.1 Å². The van der Waals surface area contributed by atoms with Crippen LogP contribution in [-0.4, -0.2) is 97.0 Å². The molecule has 5 aromatic rings. The molecule has 18 nitrogen and oxygen atoms in total. The summed E-state index contributed by atoms with van der Waals surface area (Å²) in [6.45, 7) is 1.38. The Morgan fingerprint density at radius 3 is 2.41 bits per heavy atom. The summed E-state index contributed by atoms with van der Waals surface area (Å²) in [7, 11) is -2.59. The quantitative estimate of drug-likeness (QED) is 0.0455. The van der Waals surface area contributed by atoms with Crippen molar-refractivity contribution in [1.82, 2.24) is 35.8 Å². The van der Waals surface area contributed by atoms with Crippen LogP contribution in [0.25, 0.3) is 11.1 Å². The van der Waals surface area contributed by atoms with Gasteiger partial charge in [0.1, 0.15) is 10.7 Å². The Morgan fingerprint density at radius 2 is 1.70 bits per heavy atom. The topological polar surface area (TPSA) is 236 Å². The van der Waals surface area contributed by atoms with Gasteiger partial charge in [0.25, 0.3) is 10.0 Å². The number of furan rings is 1. The number of anilines is 3. The molecule has 3 fully saturated rings. The average Bonchev–Trinajstić information content (AvgIpc) is 4.16. The maximum atomic E-state index is 15.3. The minimum absolute atomic E-state index is 0.00422. The predicted molar refractivity (Wildman–Crippen MR) is 263 cm³/mol. The van der Waals surface area contributed by atoms with E-state index in [1.54, 1.807) is 47.9 Å². The predicted octanol–water partition coefficient (Wildman–Crippen LogP) is 7.28. The van der Waals surface area contributed by atoms with Crippen molar-refractivity contribution in [3.05, 3.63) is 101 Å². The molecule has 2 atom stereocenters. The van der Waals surface area contributed by atoms with Gasteiger partial charge in [-0.2, -0.15) is 0 Å². The number of carbonyl (C=O) groups is 4. The number of rotatable bonds is 21. The molecule has 0 bridgehead atoms. The van der Waals surface area contributed by atoms with Crippen LogP contribution in [0.4, 0.5) is 20.9 Å². The Balaban J connectivity index is 0.700. The fourth-order valence-corrected chi connectivity index (χ4v) is 11.5. The van der Waals surface area contributed by atoms with Gasteiger partial charge in [0.05, 0.1) is 78.1 Å². The number of nitrogens with one attached hydrogen (secondary N) is 5. The van der Waals surface area contributed by atoms with Crippen LogP contribution in [0.2, 0.25) is 5.02 Å². The number of aromatic nitrogens is 3. The van der Waals surface area contributed by atoms with Crippen molar-refractivity contribution in [2.75, 3.05) is 36.8 Å². The number of ether oxygens (including phenoxy) is 2. The highest BCUT2D eigenvalue weighted by Gasteiger charge is 2.42. The van der Waals surface area contributed by atoms with Crippen molar-refractivity contribution in [3.63, 3.8) is 0 Å². The van der Waals surface area contributed by atoms with Crippen molar-refractivity contribution in [2.24, 2.45) is 11.8 Å². The standard InChI is InChI=1S/C49H57ClFN9O9S2/c1-60-45(62)23-38(46(60)31-4-2-15-52-26-31)48(64)53-16-20-69-36-12-10-35(11-13-36)68-18-3-5-44(61)57-33-8-6-30(7-9-33)47(63)56-27-34-22-37(32-14-19-67-29-32)42(28-55-34)58-41-25-40(51)43(24-39(41)50)71(65,66)59-49-54-17-21-70-49/h2,4,14-15,17,19,21-22,24-26,28-30,33,35-36,38,46,58H,3,5-13,16,18,20,23,27H2,1H3,(H,53,64)(H,54,59)(H,56,63)(H,57,61)/t30?,33?,35?,36?,38-,46+/m0/s1. The van der Waals surface area contributed by atoms with Crippen LogP contribution in [0, 0.1) is 17.7 Å². The lowest BCUT2D eigenvalue weighted by Gasteiger charge is -2.29. The summed E-state index contributed by atoms with van der Waals surface area (Å²) in [5.41, 5.74) is 3.22. The minimum Gasteiger partial charge on any atom is -0.472 e.